The average molecular weight is 212 g/mol. The molecule has 78 valence electrons. The highest BCUT2D eigenvalue weighted by Crippen LogP contribution is 2.37. The summed E-state index contributed by atoms with van der Waals surface area (Å²) in [5, 5.41) is 6.73. The number of hydrogen-bond donors (Lipinski definition) is 1. The fourth-order valence-corrected chi connectivity index (χ4v) is 2.20. The van der Waals surface area contributed by atoms with E-state index in [9.17, 15) is 0 Å². The Kier molecular flexibility index (Phi) is 2.45. The molecule has 0 aliphatic heterocycles. The first kappa shape index (κ1) is 9.86. The van der Waals surface area contributed by atoms with Crippen LogP contribution in [0.5, 0.6) is 0 Å². The van der Waals surface area contributed by atoms with Gasteiger partial charge in [0, 0.05) is 12.1 Å². The molecule has 2 rings (SSSR count). The minimum absolute atomic E-state index is 0.308. The smallest absolute Gasteiger partial charge is 0.195 e. The van der Waals surface area contributed by atoms with Crippen molar-refractivity contribution in [2.45, 2.75) is 31.3 Å². The van der Waals surface area contributed by atoms with Gasteiger partial charge in [0.25, 0.3) is 0 Å². The lowest BCUT2D eigenvalue weighted by molar-refractivity contribution is 0.0419. The fourth-order valence-electron chi connectivity index (χ4n) is 2.03. The van der Waals surface area contributed by atoms with Crippen molar-refractivity contribution < 1.29 is 0 Å². The maximum absolute atomic E-state index is 5.14. The lowest BCUT2D eigenvalue weighted by atomic mass is 9.75. The molecule has 0 atom stereocenters. The molecule has 0 spiro atoms. The minimum atomic E-state index is 0.308. The highest BCUT2D eigenvalue weighted by Gasteiger charge is 2.39. The maximum atomic E-state index is 5.14. The summed E-state index contributed by atoms with van der Waals surface area (Å²) in [6.45, 7) is 0.954. The van der Waals surface area contributed by atoms with Crippen molar-refractivity contribution in [3.05, 3.63) is 11.1 Å². The van der Waals surface area contributed by atoms with Gasteiger partial charge in [-0.2, -0.15) is 5.10 Å². The third kappa shape index (κ3) is 1.50. The van der Waals surface area contributed by atoms with E-state index in [-0.39, 0.29) is 0 Å². The van der Waals surface area contributed by atoms with Gasteiger partial charge in [0.05, 0.1) is 0 Å². The van der Waals surface area contributed by atoms with Gasteiger partial charge < -0.3 is 9.47 Å². The second-order valence-electron chi connectivity index (χ2n) is 4.26. The van der Waals surface area contributed by atoms with Crippen molar-refractivity contribution in [3.8, 4) is 0 Å². The third-order valence-corrected chi connectivity index (χ3v) is 3.64. The van der Waals surface area contributed by atoms with Crippen LogP contribution in [-0.4, -0.2) is 39.3 Å². The molecule has 0 unspecified atom stereocenters. The van der Waals surface area contributed by atoms with E-state index >= 15 is 0 Å². The molecule has 1 aliphatic carbocycles. The first-order valence-electron chi connectivity index (χ1n) is 4.91. The van der Waals surface area contributed by atoms with Crippen LogP contribution in [0.3, 0.4) is 0 Å². The molecule has 0 amide bonds. The van der Waals surface area contributed by atoms with Gasteiger partial charge in [-0.15, -0.1) is 0 Å². The van der Waals surface area contributed by atoms with Crippen molar-refractivity contribution >= 4 is 12.2 Å². The molecule has 1 aliphatic rings. The van der Waals surface area contributed by atoms with Crippen molar-refractivity contribution in [2.24, 2.45) is 0 Å². The topological polar surface area (TPSA) is 36.9 Å². The predicted octanol–water partition coefficient (Wildman–Crippen LogP) is 1.42. The Hall–Kier alpha value is -0.680. The quantitative estimate of drug-likeness (QED) is 0.770. The molecule has 0 radical (unpaired) electrons. The molecular formula is C9H16N4S. The van der Waals surface area contributed by atoms with Gasteiger partial charge in [-0.1, -0.05) is 0 Å². The van der Waals surface area contributed by atoms with Crippen LogP contribution < -0.4 is 0 Å². The average Bonchev–Trinajstić information content (AvgIpc) is 2.43. The maximum Gasteiger partial charge on any atom is 0.195 e. The van der Waals surface area contributed by atoms with Crippen LogP contribution in [0, 0.1) is 4.77 Å². The van der Waals surface area contributed by atoms with Crippen molar-refractivity contribution in [3.63, 3.8) is 0 Å². The number of nitrogens with zero attached hydrogens (tertiary/aromatic N) is 3. The lowest BCUT2D eigenvalue weighted by Gasteiger charge is -2.47. The Labute approximate surface area is 88.9 Å². The molecule has 4 nitrogen and oxygen atoms in total. The molecule has 0 saturated heterocycles. The Morgan fingerprint density at radius 1 is 1.64 bits per heavy atom. The summed E-state index contributed by atoms with van der Waals surface area (Å²) >= 11 is 5.14. The molecule has 1 N–H and O–H groups in total. The van der Waals surface area contributed by atoms with Crippen LogP contribution >= 0.6 is 12.2 Å². The number of hydrogen-bond acceptors (Lipinski definition) is 3. The Morgan fingerprint density at radius 3 is 2.71 bits per heavy atom. The van der Waals surface area contributed by atoms with E-state index in [2.05, 4.69) is 29.2 Å². The number of likely N-dealkylation sites (N-methyl/N-ethyl adjacent to an activating group) is 1. The second kappa shape index (κ2) is 3.47. The number of rotatable bonds is 3. The van der Waals surface area contributed by atoms with Crippen LogP contribution in [0.25, 0.3) is 0 Å². The number of H-pyrrole nitrogens is 1. The lowest BCUT2D eigenvalue weighted by Crippen LogP contribution is -2.52. The summed E-state index contributed by atoms with van der Waals surface area (Å²) in [6, 6.07) is 0. The summed E-state index contributed by atoms with van der Waals surface area (Å²) < 4.78 is 2.74. The van der Waals surface area contributed by atoms with E-state index in [0.29, 0.717) is 5.54 Å². The molecule has 1 heterocycles. The van der Waals surface area contributed by atoms with Crippen LogP contribution in [0.15, 0.2) is 6.33 Å². The zero-order valence-corrected chi connectivity index (χ0v) is 9.47. The van der Waals surface area contributed by atoms with Crippen LogP contribution in [-0.2, 0) is 6.54 Å². The largest absolute Gasteiger partial charge is 0.305 e. The molecular weight excluding hydrogens is 196 g/mol. The van der Waals surface area contributed by atoms with Crippen molar-refractivity contribution in [2.75, 3.05) is 14.1 Å². The van der Waals surface area contributed by atoms with Gasteiger partial charge in [-0.25, -0.2) is 0 Å². The van der Waals surface area contributed by atoms with Crippen molar-refractivity contribution in [1.82, 2.24) is 19.7 Å². The van der Waals surface area contributed by atoms with E-state index in [0.717, 1.165) is 11.3 Å². The van der Waals surface area contributed by atoms with E-state index in [1.54, 1.807) is 6.33 Å². The van der Waals surface area contributed by atoms with Crippen molar-refractivity contribution in [1.29, 1.82) is 0 Å². The third-order valence-electron chi connectivity index (χ3n) is 3.32. The summed E-state index contributed by atoms with van der Waals surface area (Å²) in [4.78, 5) is 2.31. The van der Waals surface area contributed by atoms with Gasteiger partial charge in [-0.3, -0.25) is 5.10 Å². The SMILES string of the molecule is CN(C)C1(Cn2cn[nH]c2=S)CCC1. The molecule has 1 aromatic heterocycles. The fraction of sp³-hybridized carbons (Fsp3) is 0.778. The number of aromatic nitrogens is 3. The first-order chi connectivity index (χ1) is 6.64. The predicted molar refractivity (Wildman–Crippen MR) is 57.7 cm³/mol. The normalized spacial score (nSPS) is 19.6. The molecule has 1 fully saturated rings. The second-order valence-corrected chi connectivity index (χ2v) is 4.65. The van der Waals surface area contributed by atoms with Crippen LogP contribution in [0.4, 0.5) is 0 Å². The monoisotopic (exact) mass is 212 g/mol. The standard InChI is InChI=1S/C9H16N4S/c1-12(2)9(4-3-5-9)6-13-7-10-11-8(13)14/h7H,3-6H2,1-2H3,(H,11,14). The number of aromatic amines is 1. The van der Waals surface area contributed by atoms with E-state index in [1.165, 1.54) is 19.3 Å². The molecule has 0 bridgehead atoms. The molecule has 5 heteroatoms. The van der Waals surface area contributed by atoms with Crippen LogP contribution in [0.2, 0.25) is 0 Å². The highest BCUT2D eigenvalue weighted by atomic mass is 32.1. The van der Waals surface area contributed by atoms with E-state index in [1.807, 2.05) is 4.57 Å². The van der Waals surface area contributed by atoms with Gasteiger partial charge in [-0.05, 0) is 45.6 Å². The minimum Gasteiger partial charge on any atom is -0.305 e. The number of nitrogens with one attached hydrogen (secondary N) is 1. The highest BCUT2D eigenvalue weighted by molar-refractivity contribution is 7.71. The van der Waals surface area contributed by atoms with E-state index < -0.39 is 0 Å². The summed E-state index contributed by atoms with van der Waals surface area (Å²) in [6.07, 6.45) is 5.62. The van der Waals surface area contributed by atoms with Crippen LogP contribution in [0.1, 0.15) is 19.3 Å². The summed E-state index contributed by atoms with van der Waals surface area (Å²) in [5.41, 5.74) is 0.308. The summed E-state index contributed by atoms with van der Waals surface area (Å²) in [5.74, 6) is 0. The zero-order chi connectivity index (χ0) is 10.2. The molecule has 14 heavy (non-hydrogen) atoms. The van der Waals surface area contributed by atoms with Gasteiger partial charge in [0.2, 0.25) is 0 Å². The molecule has 0 aromatic carbocycles. The Bertz CT molecular complexity index is 361. The summed E-state index contributed by atoms with van der Waals surface area (Å²) in [7, 11) is 4.28. The molecule has 1 aromatic rings. The molecule has 1 saturated carbocycles. The Morgan fingerprint density at radius 2 is 2.36 bits per heavy atom. The van der Waals surface area contributed by atoms with Gasteiger partial charge >= 0.3 is 0 Å². The first-order valence-corrected chi connectivity index (χ1v) is 5.32. The van der Waals surface area contributed by atoms with E-state index in [4.69, 9.17) is 12.2 Å². The van der Waals surface area contributed by atoms with Gasteiger partial charge in [0.15, 0.2) is 4.77 Å². The van der Waals surface area contributed by atoms with Gasteiger partial charge in [0.1, 0.15) is 6.33 Å². The zero-order valence-electron chi connectivity index (χ0n) is 8.66. The Balaban J connectivity index is 2.17.